The number of carbonyl (C=O) groups is 1. The van der Waals surface area contributed by atoms with Gasteiger partial charge in [0.1, 0.15) is 0 Å². The predicted molar refractivity (Wildman–Crippen MR) is 79.6 cm³/mol. The van der Waals surface area contributed by atoms with Crippen molar-refractivity contribution in [3.8, 4) is 0 Å². The summed E-state index contributed by atoms with van der Waals surface area (Å²) in [7, 11) is 0. The summed E-state index contributed by atoms with van der Waals surface area (Å²) in [5.74, 6) is -0.157. The fourth-order valence-corrected chi connectivity index (χ4v) is 3.59. The molecular formula is C16H16ClNO2. The molecule has 3 rings (SSSR count). The molecule has 0 aliphatic heterocycles. The summed E-state index contributed by atoms with van der Waals surface area (Å²) in [6.45, 7) is 4.27. The average Bonchev–Trinajstić information content (AvgIpc) is 2.37. The highest BCUT2D eigenvalue weighted by Gasteiger charge is 2.29. The molecule has 0 radical (unpaired) electrons. The van der Waals surface area contributed by atoms with Gasteiger partial charge in [-0.15, -0.1) is 0 Å². The van der Waals surface area contributed by atoms with E-state index in [0.29, 0.717) is 27.4 Å². The molecule has 1 aromatic heterocycles. The van der Waals surface area contributed by atoms with E-state index in [4.69, 9.17) is 11.6 Å². The van der Waals surface area contributed by atoms with E-state index in [2.05, 4.69) is 18.8 Å². The summed E-state index contributed by atoms with van der Waals surface area (Å²) in [5, 5.41) is 10.7. The standard InChI is InChI=1S/C16H16ClNO2/c1-8-6-9(2)15-10(7-8)13(16(19)20)14-11(17)4-3-5-12(14)18-15/h3-5,8-9H,6-7H2,1-2H3,(H,19,20). The highest BCUT2D eigenvalue weighted by Crippen LogP contribution is 2.39. The molecule has 2 aromatic rings. The number of carboxylic acids is 1. The third-order valence-corrected chi connectivity index (χ3v) is 4.40. The van der Waals surface area contributed by atoms with E-state index in [1.54, 1.807) is 6.07 Å². The van der Waals surface area contributed by atoms with Crippen molar-refractivity contribution >= 4 is 28.5 Å². The van der Waals surface area contributed by atoms with Crippen LogP contribution in [0.5, 0.6) is 0 Å². The Morgan fingerprint density at radius 2 is 2.15 bits per heavy atom. The van der Waals surface area contributed by atoms with Crippen LogP contribution in [0.3, 0.4) is 0 Å². The molecule has 0 fully saturated rings. The molecule has 1 N–H and O–H groups in total. The van der Waals surface area contributed by atoms with Gasteiger partial charge in [-0.05, 0) is 42.4 Å². The molecule has 1 aromatic carbocycles. The lowest BCUT2D eigenvalue weighted by molar-refractivity contribution is 0.0697. The summed E-state index contributed by atoms with van der Waals surface area (Å²) in [5.41, 5.74) is 2.81. The summed E-state index contributed by atoms with van der Waals surface area (Å²) < 4.78 is 0. The zero-order chi connectivity index (χ0) is 14.4. The Morgan fingerprint density at radius 1 is 1.40 bits per heavy atom. The molecule has 4 heteroatoms. The number of aromatic carboxylic acids is 1. The third-order valence-electron chi connectivity index (χ3n) is 4.08. The van der Waals surface area contributed by atoms with E-state index >= 15 is 0 Å². The van der Waals surface area contributed by atoms with Gasteiger partial charge in [-0.25, -0.2) is 4.79 Å². The van der Waals surface area contributed by atoms with Crippen molar-refractivity contribution in [1.82, 2.24) is 4.98 Å². The highest BCUT2D eigenvalue weighted by molar-refractivity contribution is 6.36. The number of benzene rings is 1. The zero-order valence-electron chi connectivity index (χ0n) is 11.5. The Hall–Kier alpha value is -1.61. The monoisotopic (exact) mass is 289 g/mol. The topological polar surface area (TPSA) is 50.2 Å². The van der Waals surface area contributed by atoms with Gasteiger partial charge in [0.25, 0.3) is 0 Å². The molecule has 20 heavy (non-hydrogen) atoms. The van der Waals surface area contributed by atoms with Gasteiger partial charge in [-0.3, -0.25) is 4.98 Å². The Labute approximate surface area is 122 Å². The van der Waals surface area contributed by atoms with Crippen molar-refractivity contribution in [3.05, 3.63) is 40.0 Å². The number of aromatic nitrogens is 1. The molecule has 1 heterocycles. The van der Waals surface area contributed by atoms with Gasteiger partial charge >= 0.3 is 5.97 Å². The second-order valence-corrected chi connectivity index (χ2v) is 6.14. The molecule has 2 atom stereocenters. The average molecular weight is 290 g/mol. The van der Waals surface area contributed by atoms with Gasteiger partial charge in [0.05, 0.1) is 16.1 Å². The van der Waals surface area contributed by atoms with Gasteiger partial charge < -0.3 is 5.11 Å². The first-order valence-electron chi connectivity index (χ1n) is 6.83. The van der Waals surface area contributed by atoms with Crippen molar-refractivity contribution in [3.63, 3.8) is 0 Å². The maximum absolute atomic E-state index is 11.8. The number of hydrogen-bond acceptors (Lipinski definition) is 2. The Bertz CT molecular complexity index is 711. The van der Waals surface area contributed by atoms with E-state index in [0.717, 1.165) is 24.1 Å². The number of rotatable bonds is 1. The molecule has 2 unspecified atom stereocenters. The molecule has 1 aliphatic rings. The molecule has 0 saturated carbocycles. The van der Waals surface area contributed by atoms with E-state index < -0.39 is 5.97 Å². The smallest absolute Gasteiger partial charge is 0.336 e. The van der Waals surface area contributed by atoms with Gasteiger partial charge in [0.2, 0.25) is 0 Å². The van der Waals surface area contributed by atoms with Crippen molar-refractivity contribution < 1.29 is 9.90 Å². The summed E-state index contributed by atoms with van der Waals surface area (Å²) in [6, 6.07) is 5.37. The number of hydrogen-bond donors (Lipinski definition) is 1. The van der Waals surface area contributed by atoms with Crippen LogP contribution in [-0.2, 0) is 6.42 Å². The molecular weight excluding hydrogens is 274 g/mol. The lowest BCUT2D eigenvalue weighted by Crippen LogP contribution is -2.20. The molecule has 0 spiro atoms. The fraction of sp³-hybridized carbons (Fsp3) is 0.375. The van der Waals surface area contributed by atoms with Crippen LogP contribution >= 0.6 is 11.6 Å². The van der Waals surface area contributed by atoms with Crippen LogP contribution in [0.15, 0.2) is 18.2 Å². The Morgan fingerprint density at radius 3 is 2.85 bits per heavy atom. The number of halogens is 1. The third kappa shape index (κ3) is 1.97. The fourth-order valence-electron chi connectivity index (χ4n) is 3.33. The van der Waals surface area contributed by atoms with Crippen LogP contribution in [0.25, 0.3) is 10.9 Å². The van der Waals surface area contributed by atoms with Gasteiger partial charge in [-0.1, -0.05) is 31.5 Å². The van der Waals surface area contributed by atoms with Crippen molar-refractivity contribution in [2.24, 2.45) is 5.92 Å². The van der Waals surface area contributed by atoms with Crippen LogP contribution in [0, 0.1) is 5.92 Å². The molecule has 104 valence electrons. The first kappa shape index (κ1) is 13.4. The predicted octanol–water partition coefficient (Wildman–Crippen LogP) is 4.27. The number of pyridine rings is 1. The summed E-state index contributed by atoms with van der Waals surface area (Å²) in [4.78, 5) is 16.5. The largest absolute Gasteiger partial charge is 0.478 e. The number of fused-ring (bicyclic) bond motifs is 2. The van der Waals surface area contributed by atoms with E-state index in [1.807, 2.05) is 12.1 Å². The molecule has 1 aliphatic carbocycles. The lowest BCUT2D eigenvalue weighted by atomic mass is 9.79. The van der Waals surface area contributed by atoms with E-state index in [-0.39, 0.29) is 5.92 Å². The number of nitrogens with zero attached hydrogens (tertiary/aromatic N) is 1. The van der Waals surface area contributed by atoms with Crippen LogP contribution in [0.2, 0.25) is 5.02 Å². The first-order chi connectivity index (χ1) is 9.49. The first-order valence-corrected chi connectivity index (χ1v) is 7.21. The Balaban J connectivity index is 2.43. The maximum Gasteiger partial charge on any atom is 0.336 e. The summed E-state index contributed by atoms with van der Waals surface area (Å²) in [6.07, 6.45) is 1.81. The SMILES string of the molecule is CC1Cc2c(nc3cccc(Cl)c3c2C(=O)O)C(C)C1. The van der Waals surface area contributed by atoms with Crippen molar-refractivity contribution in [2.45, 2.75) is 32.6 Å². The maximum atomic E-state index is 11.8. The Kier molecular flexibility index (Phi) is 3.17. The van der Waals surface area contributed by atoms with Crippen molar-refractivity contribution in [2.75, 3.05) is 0 Å². The van der Waals surface area contributed by atoms with E-state index in [9.17, 15) is 9.90 Å². The van der Waals surface area contributed by atoms with Gasteiger partial charge in [0, 0.05) is 11.1 Å². The van der Waals surface area contributed by atoms with Gasteiger partial charge in [-0.2, -0.15) is 0 Å². The second-order valence-electron chi connectivity index (χ2n) is 5.74. The molecule has 0 bridgehead atoms. The second kappa shape index (κ2) is 4.74. The van der Waals surface area contributed by atoms with E-state index in [1.165, 1.54) is 0 Å². The van der Waals surface area contributed by atoms with Crippen LogP contribution in [-0.4, -0.2) is 16.1 Å². The quantitative estimate of drug-likeness (QED) is 0.853. The molecule has 3 nitrogen and oxygen atoms in total. The lowest BCUT2D eigenvalue weighted by Gasteiger charge is -2.28. The highest BCUT2D eigenvalue weighted by atomic mass is 35.5. The number of carboxylic acid groups (broad SMARTS) is 1. The molecule has 0 saturated heterocycles. The zero-order valence-corrected chi connectivity index (χ0v) is 12.2. The van der Waals surface area contributed by atoms with Crippen LogP contribution in [0.4, 0.5) is 0 Å². The minimum Gasteiger partial charge on any atom is -0.478 e. The van der Waals surface area contributed by atoms with Gasteiger partial charge in [0.15, 0.2) is 0 Å². The van der Waals surface area contributed by atoms with Crippen LogP contribution in [0.1, 0.15) is 47.8 Å². The minimum absolute atomic E-state index is 0.287. The normalized spacial score (nSPS) is 21.8. The minimum atomic E-state index is -0.914. The van der Waals surface area contributed by atoms with Crippen molar-refractivity contribution in [1.29, 1.82) is 0 Å². The van der Waals surface area contributed by atoms with Crippen LogP contribution < -0.4 is 0 Å². The summed E-state index contributed by atoms with van der Waals surface area (Å²) >= 11 is 6.22. The molecule has 0 amide bonds.